The fraction of sp³-hybridized carbons (Fsp3) is 0.235. The Balaban J connectivity index is 1.86. The minimum atomic E-state index is 0.394. The van der Waals surface area contributed by atoms with E-state index in [1.807, 2.05) is 31.2 Å². The standard InChI is InChI=1S/C17H16BrNO3/c1-2-20-16-5-3-4-6-17(16)22-10-9-21-15-8-7-13(12-19)11-14(15)18/h3-8,11H,2,9-10H2,1H3. The van der Waals surface area contributed by atoms with Crippen molar-refractivity contribution < 1.29 is 14.2 Å². The Morgan fingerprint density at radius 2 is 1.59 bits per heavy atom. The van der Waals surface area contributed by atoms with Crippen LogP contribution < -0.4 is 14.2 Å². The highest BCUT2D eigenvalue weighted by Gasteiger charge is 2.05. The molecule has 4 nitrogen and oxygen atoms in total. The molecule has 22 heavy (non-hydrogen) atoms. The van der Waals surface area contributed by atoms with Crippen LogP contribution >= 0.6 is 15.9 Å². The maximum absolute atomic E-state index is 8.82. The minimum Gasteiger partial charge on any atom is -0.490 e. The number of para-hydroxylation sites is 2. The summed E-state index contributed by atoms with van der Waals surface area (Å²) in [5, 5.41) is 8.82. The van der Waals surface area contributed by atoms with Gasteiger partial charge in [0.25, 0.3) is 0 Å². The summed E-state index contributed by atoms with van der Waals surface area (Å²) in [5.74, 6) is 2.11. The minimum absolute atomic E-state index is 0.394. The lowest BCUT2D eigenvalue weighted by Crippen LogP contribution is -2.10. The van der Waals surface area contributed by atoms with Gasteiger partial charge < -0.3 is 14.2 Å². The van der Waals surface area contributed by atoms with Gasteiger partial charge in [0.2, 0.25) is 0 Å². The first-order chi connectivity index (χ1) is 10.7. The largest absolute Gasteiger partial charge is 0.490 e. The molecule has 0 aliphatic heterocycles. The molecule has 0 radical (unpaired) electrons. The number of benzene rings is 2. The zero-order chi connectivity index (χ0) is 15.8. The van der Waals surface area contributed by atoms with Crippen LogP contribution in [0.25, 0.3) is 0 Å². The molecule has 0 heterocycles. The maximum Gasteiger partial charge on any atom is 0.161 e. The number of halogens is 1. The third kappa shape index (κ3) is 4.40. The number of rotatable bonds is 7. The average molecular weight is 362 g/mol. The Morgan fingerprint density at radius 3 is 2.18 bits per heavy atom. The van der Waals surface area contributed by atoms with Gasteiger partial charge in [0.1, 0.15) is 19.0 Å². The van der Waals surface area contributed by atoms with Crippen LogP contribution in [0.4, 0.5) is 0 Å². The van der Waals surface area contributed by atoms with E-state index in [-0.39, 0.29) is 0 Å². The lowest BCUT2D eigenvalue weighted by atomic mass is 10.2. The number of nitrogens with zero attached hydrogens (tertiary/aromatic N) is 1. The zero-order valence-electron chi connectivity index (χ0n) is 12.2. The molecule has 0 aliphatic rings. The predicted octanol–water partition coefficient (Wildman–Crippen LogP) is 4.18. The summed E-state index contributed by atoms with van der Waals surface area (Å²) < 4.78 is 17.6. The van der Waals surface area contributed by atoms with Crippen LogP contribution in [0.2, 0.25) is 0 Å². The molecule has 0 spiro atoms. The topological polar surface area (TPSA) is 51.5 Å². The summed E-state index contributed by atoms with van der Waals surface area (Å²) in [5.41, 5.74) is 0.584. The van der Waals surface area contributed by atoms with Crippen molar-refractivity contribution in [3.05, 3.63) is 52.5 Å². The Labute approximate surface area is 138 Å². The van der Waals surface area contributed by atoms with Crippen LogP contribution in [-0.2, 0) is 0 Å². The lowest BCUT2D eigenvalue weighted by Gasteiger charge is -2.12. The highest BCUT2D eigenvalue weighted by molar-refractivity contribution is 9.10. The van der Waals surface area contributed by atoms with Gasteiger partial charge in [-0.2, -0.15) is 5.26 Å². The number of ether oxygens (including phenoxy) is 3. The van der Waals surface area contributed by atoms with Gasteiger partial charge in [-0.05, 0) is 53.2 Å². The number of nitriles is 1. The van der Waals surface area contributed by atoms with E-state index in [0.717, 1.165) is 10.2 Å². The Kier molecular flexibility index (Phi) is 6.11. The molecule has 0 saturated carbocycles. The first-order valence-electron chi connectivity index (χ1n) is 6.91. The highest BCUT2D eigenvalue weighted by Crippen LogP contribution is 2.27. The van der Waals surface area contributed by atoms with E-state index in [1.54, 1.807) is 18.2 Å². The van der Waals surface area contributed by atoms with Crippen molar-refractivity contribution in [2.75, 3.05) is 19.8 Å². The lowest BCUT2D eigenvalue weighted by molar-refractivity contribution is 0.207. The van der Waals surface area contributed by atoms with E-state index in [1.165, 1.54) is 0 Å². The molecule has 114 valence electrons. The summed E-state index contributed by atoms with van der Waals surface area (Å²) in [6, 6.07) is 14.8. The molecule has 2 aromatic rings. The molecular formula is C17H16BrNO3. The SMILES string of the molecule is CCOc1ccccc1OCCOc1ccc(C#N)cc1Br. The van der Waals surface area contributed by atoms with Crippen molar-refractivity contribution >= 4 is 15.9 Å². The number of hydrogen-bond donors (Lipinski definition) is 0. The van der Waals surface area contributed by atoms with Gasteiger partial charge >= 0.3 is 0 Å². The third-order valence-electron chi connectivity index (χ3n) is 2.81. The van der Waals surface area contributed by atoms with E-state index in [0.29, 0.717) is 36.9 Å². The predicted molar refractivity (Wildman–Crippen MR) is 87.5 cm³/mol. The van der Waals surface area contributed by atoms with E-state index < -0.39 is 0 Å². The smallest absolute Gasteiger partial charge is 0.161 e. The molecule has 0 fully saturated rings. The quantitative estimate of drug-likeness (QED) is 0.694. The van der Waals surface area contributed by atoms with Gasteiger partial charge in [0.05, 0.1) is 22.7 Å². The third-order valence-corrected chi connectivity index (χ3v) is 3.43. The van der Waals surface area contributed by atoms with Crippen molar-refractivity contribution in [3.63, 3.8) is 0 Å². The second-order valence-electron chi connectivity index (χ2n) is 4.33. The molecule has 5 heteroatoms. The molecule has 0 aliphatic carbocycles. The fourth-order valence-corrected chi connectivity index (χ4v) is 2.33. The maximum atomic E-state index is 8.82. The number of hydrogen-bond acceptors (Lipinski definition) is 4. The van der Waals surface area contributed by atoms with Crippen molar-refractivity contribution in [1.29, 1.82) is 5.26 Å². The van der Waals surface area contributed by atoms with Gasteiger partial charge in [0.15, 0.2) is 11.5 Å². The average Bonchev–Trinajstić information content (AvgIpc) is 2.54. The monoisotopic (exact) mass is 361 g/mol. The summed E-state index contributed by atoms with van der Waals surface area (Å²) >= 11 is 3.38. The fourth-order valence-electron chi connectivity index (χ4n) is 1.83. The Morgan fingerprint density at radius 1 is 0.955 bits per heavy atom. The van der Waals surface area contributed by atoms with Crippen LogP contribution in [-0.4, -0.2) is 19.8 Å². The second kappa shape index (κ2) is 8.30. The molecule has 0 atom stereocenters. The van der Waals surface area contributed by atoms with Gasteiger partial charge in [-0.15, -0.1) is 0 Å². The van der Waals surface area contributed by atoms with Gasteiger partial charge in [-0.25, -0.2) is 0 Å². The van der Waals surface area contributed by atoms with Crippen LogP contribution in [0.1, 0.15) is 12.5 Å². The second-order valence-corrected chi connectivity index (χ2v) is 5.19. The molecule has 0 amide bonds. The van der Waals surface area contributed by atoms with Gasteiger partial charge in [0, 0.05) is 0 Å². The van der Waals surface area contributed by atoms with Gasteiger partial charge in [-0.3, -0.25) is 0 Å². The molecule has 0 N–H and O–H groups in total. The van der Waals surface area contributed by atoms with Crippen molar-refractivity contribution in [2.45, 2.75) is 6.92 Å². The normalized spacial score (nSPS) is 9.86. The summed E-state index contributed by atoms with van der Waals surface area (Å²) in [4.78, 5) is 0. The molecule has 0 saturated heterocycles. The summed E-state index contributed by atoms with van der Waals surface area (Å²) in [6.45, 7) is 3.32. The molecule has 2 rings (SSSR count). The summed E-state index contributed by atoms with van der Waals surface area (Å²) in [6.07, 6.45) is 0. The van der Waals surface area contributed by atoms with Crippen LogP contribution in [0.3, 0.4) is 0 Å². The highest BCUT2D eigenvalue weighted by atomic mass is 79.9. The molecule has 0 bridgehead atoms. The van der Waals surface area contributed by atoms with Crippen molar-refractivity contribution in [1.82, 2.24) is 0 Å². The van der Waals surface area contributed by atoms with E-state index >= 15 is 0 Å². The van der Waals surface area contributed by atoms with Crippen LogP contribution in [0.5, 0.6) is 17.2 Å². The summed E-state index contributed by atoms with van der Waals surface area (Å²) in [7, 11) is 0. The molecule has 0 unspecified atom stereocenters. The van der Waals surface area contributed by atoms with Crippen LogP contribution in [0, 0.1) is 11.3 Å². The van der Waals surface area contributed by atoms with Crippen molar-refractivity contribution in [3.8, 4) is 23.3 Å². The zero-order valence-corrected chi connectivity index (χ0v) is 13.8. The first-order valence-corrected chi connectivity index (χ1v) is 7.71. The molecule has 2 aromatic carbocycles. The van der Waals surface area contributed by atoms with E-state index in [2.05, 4.69) is 22.0 Å². The van der Waals surface area contributed by atoms with Crippen LogP contribution in [0.15, 0.2) is 46.9 Å². The van der Waals surface area contributed by atoms with E-state index in [9.17, 15) is 0 Å². The van der Waals surface area contributed by atoms with Crippen molar-refractivity contribution in [2.24, 2.45) is 0 Å². The molecule has 0 aromatic heterocycles. The molecular weight excluding hydrogens is 346 g/mol. The van der Waals surface area contributed by atoms with E-state index in [4.69, 9.17) is 19.5 Å². The first kappa shape index (κ1) is 16.2. The Bertz CT molecular complexity index is 667. The Hall–Kier alpha value is -2.19. The van der Waals surface area contributed by atoms with Gasteiger partial charge in [-0.1, -0.05) is 12.1 Å².